The van der Waals surface area contributed by atoms with Crippen LogP contribution >= 0.6 is 11.6 Å². The van der Waals surface area contributed by atoms with E-state index in [0.717, 1.165) is 0 Å². The molecule has 1 rings (SSSR count). The van der Waals surface area contributed by atoms with Crippen molar-refractivity contribution in [1.82, 2.24) is 5.32 Å². The van der Waals surface area contributed by atoms with Crippen molar-refractivity contribution < 1.29 is 13.2 Å². The predicted molar refractivity (Wildman–Crippen MR) is 52.7 cm³/mol. The Kier molecular flexibility index (Phi) is 3.49. The Bertz CT molecular complexity index is 413. The molecule has 0 aromatic heterocycles. The molecule has 1 N–H and O–H groups in total. The van der Waals surface area contributed by atoms with Crippen LogP contribution < -0.4 is 5.32 Å². The standard InChI is InChI=1S/C8H8ClNO3S/c9-7-1-3-8(4-2-7)14(12,13)6-10-5-11/h1-5H,6H2,(H,10,11). The van der Waals surface area contributed by atoms with Gasteiger partial charge in [-0.25, -0.2) is 8.42 Å². The molecule has 0 spiro atoms. The average molecular weight is 234 g/mol. The number of carbonyl (C=O) groups is 1. The number of rotatable bonds is 4. The number of amides is 1. The van der Waals surface area contributed by atoms with Gasteiger partial charge in [-0.3, -0.25) is 4.79 Å². The number of hydrogen-bond donors (Lipinski definition) is 1. The minimum absolute atomic E-state index is 0.135. The molecule has 0 aliphatic heterocycles. The SMILES string of the molecule is O=CNCS(=O)(=O)c1ccc(Cl)cc1. The first kappa shape index (κ1) is 11.0. The highest BCUT2D eigenvalue weighted by Gasteiger charge is 2.12. The van der Waals surface area contributed by atoms with Crippen molar-refractivity contribution in [2.45, 2.75) is 4.90 Å². The first-order valence-electron chi connectivity index (χ1n) is 3.71. The highest BCUT2D eigenvalue weighted by Crippen LogP contribution is 2.14. The zero-order chi connectivity index (χ0) is 10.6. The van der Waals surface area contributed by atoms with Crippen LogP contribution in [0.3, 0.4) is 0 Å². The van der Waals surface area contributed by atoms with Crippen LogP contribution in [0, 0.1) is 0 Å². The third-order valence-electron chi connectivity index (χ3n) is 1.53. The molecule has 4 nitrogen and oxygen atoms in total. The van der Waals surface area contributed by atoms with Gasteiger partial charge < -0.3 is 5.32 Å². The zero-order valence-electron chi connectivity index (χ0n) is 7.10. The Morgan fingerprint density at radius 1 is 1.29 bits per heavy atom. The van der Waals surface area contributed by atoms with Crippen molar-refractivity contribution in [3.8, 4) is 0 Å². The van der Waals surface area contributed by atoms with Crippen LogP contribution in [0.2, 0.25) is 5.02 Å². The molecular weight excluding hydrogens is 226 g/mol. The van der Waals surface area contributed by atoms with Crippen LogP contribution in [-0.4, -0.2) is 20.7 Å². The molecule has 0 atom stereocenters. The van der Waals surface area contributed by atoms with Crippen LogP contribution in [0.15, 0.2) is 29.2 Å². The number of hydrogen-bond acceptors (Lipinski definition) is 3. The van der Waals surface area contributed by atoms with Gasteiger partial charge in [-0.05, 0) is 24.3 Å². The summed E-state index contributed by atoms with van der Waals surface area (Å²) in [4.78, 5) is 10.1. The van der Waals surface area contributed by atoms with Crippen molar-refractivity contribution in [3.63, 3.8) is 0 Å². The van der Waals surface area contributed by atoms with Gasteiger partial charge in [0.15, 0.2) is 9.84 Å². The van der Waals surface area contributed by atoms with E-state index in [0.29, 0.717) is 11.4 Å². The van der Waals surface area contributed by atoms with Crippen LogP contribution in [0.5, 0.6) is 0 Å². The van der Waals surface area contributed by atoms with E-state index in [9.17, 15) is 13.2 Å². The molecule has 76 valence electrons. The predicted octanol–water partition coefficient (Wildman–Crippen LogP) is 0.817. The lowest BCUT2D eigenvalue weighted by Gasteiger charge is -2.02. The first-order chi connectivity index (χ1) is 6.56. The van der Waals surface area contributed by atoms with Gasteiger partial charge in [0.2, 0.25) is 6.41 Å². The van der Waals surface area contributed by atoms with Gasteiger partial charge in [0.25, 0.3) is 0 Å². The summed E-state index contributed by atoms with van der Waals surface area (Å²) in [5.74, 6) is -0.405. The van der Waals surface area contributed by atoms with Crippen LogP contribution in [0.4, 0.5) is 0 Å². The van der Waals surface area contributed by atoms with Gasteiger partial charge in [0, 0.05) is 5.02 Å². The summed E-state index contributed by atoms with van der Waals surface area (Å²) < 4.78 is 22.9. The van der Waals surface area contributed by atoms with E-state index < -0.39 is 15.7 Å². The summed E-state index contributed by atoms with van der Waals surface area (Å²) in [5.41, 5.74) is 0. The van der Waals surface area contributed by atoms with E-state index in [-0.39, 0.29) is 4.90 Å². The molecule has 0 aliphatic carbocycles. The number of nitrogens with one attached hydrogen (secondary N) is 1. The number of halogens is 1. The number of benzene rings is 1. The smallest absolute Gasteiger partial charge is 0.207 e. The lowest BCUT2D eigenvalue weighted by molar-refractivity contribution is -0.109. The first-order valence-corrected chi connectivity index (χ1v) is 5.74. The number of carbonyl (C=O) groups excluding carboxylic acids is 1. The molecule has 1 amide bonds. The van der Waals surface area contributed by atoms with Crippen LogP contribution in [0.25, 0.3) is 0 Å². The minimum atomic E-state index is -3.44. The molecule has 0 unspecified atom stereocenters. The molecule has 0 saturated heterocycles. The molecule has 0 saturated carbocycles. The fraction of sp³-hybridized carbons (Fsp3) is 0.125. The van der Waals surface area contributed by atoms with Gasteiger partial charge in [0.1, 0.15) is 5.88 Å². The molecule has 0 radical (unpaired) electrons. The van der Waals surface area contributed by atoms with Gasteiger partial charge in [-0.15, -0.1) is 0 Å². The summed E-state index contributed by atoms with van der Waals surface area (Å²) in [6.07, 6.45) is 0.341. The van der Waals surface area contributed by atoms with E-state index in [1.165, 1.54) is 24.3 Å². The van der Waals surface area contributed by atoms with Gasteiger partial charge in [-0.1, -0.05) is 11.6 Å². The molecule has 0 aliphatic rings. The molecule has 0 fully saturated rings. The zero-order valence-corrected chi connectivity index (χ0v) is 8.68. The molecule has 6 heteroatoms. The summed E-state index contributed by atoms with van der Waals surface area (Å²) in [7, 11) is -3.44. The Labute approximate surface area is 86.8 Å². The Hall–Kier alpha value is -1.07. The van der Waals surface area contributed by atoms with Crippen molar-refractivity contribution in [3.05, 3.63) is 29.3 Å². The summed E-state index contributed by atoms with van der Waals surface area (Å²) in [6, 6.07) is 5.75. The maximum absolute atomic E-state index is 11.4. The highest BCUT2D eigenvalue weighted by molar-refractivity contribution is 7.91. The Morgan fingerprint density at radius 3 is 2.36 bits per heavy atom. The van der Waals surface area contributed by atoms with E-state index in [1.54, 1.807) is 0 Å². The average Bonchev–Trinajstić information content (AvgIpc) is 2.16. The van der Waals surface area contributed by atoms with Crippen LogP contribution in [0.1, 0.15) is 0 Å². The fourth-order valence-corrected chi connectivity index (χ4v) is 2.00. The molecule has 0 bridgehead atoms. The quantitative estimate of drug-likeness (QED) is 0.783. The summed E-state index contributed by atoms with van der Waals surface area (Å²) in [6.45, 7) is 0. The second-order valence-electron chi connectivity index (χ2n) is 2.53. The van der Waals surface area contributed by atoms with Gasteiger partial charge in [0.05, 0.1) is 4.90 Å². The monoisotopic (exact) mass is 233 g/mol. The number of sulfone groups is 1. The summed E-state index contributed by atoms with van der Waals surface area (Å²) in [5, 5.41) is 2.57. The largest absolute Gasteiger partial charge is 0.344 e. The Balaban J connectivity index is 2.93. The van der Waals surface area contributed by atoms with E-state index in [2.05, 4.69) is 5.32 Å². The topological polar surface area (TPSA) is 63.2 Å². The third kappa shape index (κ3) is 2.71. The second-order valence-corrected chi connectivity index (χ2v) is 4.96. The van der Waals surface area contributed by atoms with Crippen LogP contribution in [-0.2, 0) is 14.6 Å². The minimum Gasteiger partial charge on any atom is -0.344 e. The van der Waals surface area contributed by atoms with Gasteiger partial charge in [-0.2, -0.15) is 0 Å². The van der Waals surface area contributed by atoms with E-state index in [4.69, 9.17) is 11.6 Å². The Morgan fingerprint density at radius 2 is 1.86 bits per heavy atom. The van der Waals surface area contributed by atoms with Gasteiger partial charge >= 0.3 is 0 Å². The molecule has 14 heavy (non-hydrogen) atoms. The molecule has 1 aromatic rings. The lowest BCUT2D eigenvalue weighted by atomic mass is 10.4. The highest BCUT2D eigenvalue weighted by atomic mass is 35.5. The second kappa shape index (κ2) is 4.43. The molecule has 0 heterocycles. The fourth-order valence-electron chi connectivity index (χ4n) is 0.869. The van der Waals surface area contributed by atoms with Crippen molar-refractivity contribution in [2.24, 2.45) is 0 Å². The molecular formula is C8H8ClNO3S. The maximum atomic E-state index is 11.4. The lowest BCUT2D eigenvalue weighted by Crippen LogP contribution is -2.21. The van der Waals surface area contributed by atoms with E-state index in [1.807, 2.05) is 0 Å². The normalized spacial score (nSPS) is 10.9. The van der Waals surface area contributed by atoms with E-state index >= 15 is 0 Å². The van der Waals surface area contributed by atoms with Crippen molar-refractivity contribution >= 4 is 27.8 Å². The van der Waals surface area contributed by atoms with Crippen molar-refractivity contribution in [1.29, 1.82) is 0 Å². The molecule has 1 aromatic carbocycles. The van der Waals surface area contributed by atoms with Crippen molar-refractivity contribution in [2.75, 3.05) is 5.88 Å². The summed E-state index contributed by atoms with van der Waals surface area (Å²) >= 11 is 5.60. The third-order valence-corrected chi connectivity index (χ3v) is 3.32. The maximum Gasteiger partial charge on any atom is 0.207 e.